The van der Waals surface area contributed by atoms with Crippen molar-refractivity contribution in [2.75, 3.05) is 6.61 Å². The average Bonchev–Trinajstić information content (AvgIpc) is 2.95. The molecule has 0 saturated heterocycles. The first-order chi connectivity index (χ1) is 11.3. The Morgan fingerprint density at radius 3 is 2.58 bits per heavy atom. The molecule has 2 aromatic rings. The van der Waals surface area contributed by atoms with Gasteiger partial charge in [0.25, 0.3) is 0 Å². The highest BCUT2D eigenvalue weighted by Gasteiger charge is 2.23. The Kier molecular flexibility index (Phi) is 6.18. The van der Waals surface area contributed by atoms with Gasteiger partial charge in [0.15, 0.2) is 12.4 Å². The van der Waals surface area contributed by atoms with Gasteiger partial charge in [-0.2, -0.15) is 0 Å². The Morgan fingerprint density at radius 1 is 1.25 bits per heavy atom. The Hall–Kier alpha value is -1.66. The van der Waals surface area contributed by atoms with Crippen molar-refractivity contribution in [2.24, 2.45) is 5.41 Å². The maximum atomic E-state index is 12.3. The molecule has 4 nitrogen and oxygen atoms in total. The SMILES string of the molecule is Cc1nc(CSc2ccccc2C(=O)OCC(=O)C(C)(C)C)cs1. The molecule has 0 N–H and O–H groups in total. The lowest BCUT2D eigenvalue weighted by Crippen LogP contribution is -2.26. The summed E-state index contributed by atoms with van der Waals surface area (Å²) in [6.45, 7) is 7.19. The van der Waals surface area contributed by atoms with Gasteiger partial charge in [-0.1, -0.05) is 32.9 Å². The second-order valence-corrected chi connectivity index (χ2v) is 8.47. The molecule has 0 radical (unpaired) electrons. The second kappa shape index (κ2) is 7.94. The van der Waals surface area contributed by atoms with Crippen LogP contribution in [0, 0.1) is 12.3 Å². The quantitative estimate of drug-likeness (QED) is 0.558. The highest BCUT2D eigenvalue weighted by molar-refractivity contribution is 7.98. The highest BCUT2D eigenvalue weighted by atomic mass is 32.2. The number of Topliss-reactive ketones (excluding diaryl/α,β-unsaturated/α-hetero) is 1. The van der Waals surface area contributed by atoms with Crippen LogP contribution in [0.1, 0.15) is 41.8 Å². The number of ketones is 1. The van der Waals surface area contributed by atoms with Crippen molar-refractivity contribution in [1.82, 2.24) is 4.98 Å². The number of carbonyl (C=O) groups excluding carboxylic acids is 2. The van der Waals surface area contributed by atoms with E-state index < -0.39 is 11.4 Å². The monoisotopic (exact) mass is 363 g/mol. The Bertz CT molecular complexity index is 732. The van der Waals surface area contributed by atoms with Crippen LogP contribution in [-0.2, 0) is 15.3 Å². The molecule has 128 valence electrons. The highest BCUT2D eigenvalue weighted by Crippen LogP contribution is 2.27. The topological polar surface area (TPSA) is 56.3 Å². The number of hydrogen-bond donors (Lipinski definition) is 0. The number of benzene rings is 1. The van der Waals surface area contributed by atoms with Crippen molar-refractivity contribution in [2.45, 2.75) is 38.3 Å². The van der Waals surface area contributed by atoms with Gasteiger partial charge in [0, 0.05) is 21.4 Å². The lowest BCUT2D eigenvalue weighted by atomic mass is 9.91. The minimum absolute atomic E-state index is 0.0982. The van der Waals surface area contributed by atoms with E-state index in [1.807, 2.05) is 45.2 Å². The Morgan fingerprint density at radius 2 is 1.96 bits per heavy atom. The number of ether oxygens (including phenoxy) is 1. The summed E-state index contributed by atoms with van der Waals surface area (Å²) in [4.78, 5) is 29.5. The van der Waals surface area contributed by atoms with Crippen molar-refractivity contribution in [3.8, 4) is 0 Å². The fourth-order valence-electron chi connectivity index (χ4n) is 1.81. The van der Waals surface area contributed by atoms with Gasteiger partial charge in [0.2, 0.25) is 0 Å². The van der Waals surface area contributed by atoms with Crippen LogP contribution in [0.15, 0.2) is 34.5 Å². The van der Waals surface area contributed by atoms with E-state index in [4.69, 9.17) is 4.74 Å². The number of carbonyl (C=O) groups is 2. The summed E-state index contributed by atoms with van der Waals surface area (Å²) in [5, 5.41) is 3.05. The zero-order chi connectivity index (χ0) is 17.7. The molecule has 1 heterocycles. The van der Waals surface area contributed by atoms with Crippen LogP contribution in [0.25, 0.3) is 0 Å². The van der Waals surface area contributed by atoms with Crippen LogP contribution in [-0.4, -0.2) is 23.3 Å². The Labute approximate surface area is 150 Å². The first kappa shape index (κ1) is 18.7. The summed E-state index contributed by atoms with van der Waals surface area (Å²) in [7, 11) is 0. The number of esters is 1. The lowest BCUT2D eigenvalue weighted by molar-refractivity contribution is -0.129. The number of aromatic nitrogens is 1. The summed E-state index contributed by atoms with van der Waals surface area (Å²) in [5.41, 5.74) is 0.960. The maximum absolute atomic E-state index is 12.3. The van der Waals surface area contributed by atoms with Crippen LogP contribution in [0.3, 0.4) is 0 Å². The number of hydrogen-bond acceptors (Lipinski definition) is 6. The molecule has 2 rings (SSSR count). The van der Waals surface area contributed by atoms with E-state index in [1.165, 1.54) is 0 Å². The second-order valence-electron chi connectivity index (χ2n) is 6.39. The predicted molar refractivity (Wildman–Crippen MR) is 97.6 cm³/mol. The fourth-order valence-corrected chi connectivity index (χ4v) is 3.46. The van der Waals surface area contributed by atoms with E-state index in [2.05, 4.69) is 4.98 Å². The molecule has 0 spiro atoms. The average molecular weight is 364 g/mol. The number of rotatable bonds is 6. The van der Waals surface area contributed by atoms with Crippen molar-refractivity contribution >= 4 is 34.9 Å². The fraction of sp³-hybridized carbons (Fsp3) is 0.389. The zero-order valence-corrected chi connectivity index (χ0v) is 15.9. The lowest BCUT2D eigenvalue weighted by Gasteiger charge is -2.16. The van der Waals surface area contributed by atoms with Gasteiger partial charge in [-0.25, -0.2) is 9.78 Å². The van der Waals surface area contributed by atoms with E-state index in [0.29, 0.717) is 11.3 Å². The molecule has 0 aliphatic rings. The smallest absolute Gasteiger partial charge is 0.339 e. The van der Waals surface area contributed by atoms with E-state index in [0.717, 1.165) is 15.6 Å². The van der Waals surface area contributed by atoms with Crippen LogP contribution < -0.4 is 0 Å². The molecule has 1 aromatic carbocycles. The third-order valence-corrected chi connectivity index (χ3v) is 5.25. The van der Waals surface area contributed by atoms with Gasteiger partial charge in [-0.15, -0.1) is 23.1 Å². The zero-order valence-electron chi connectivity index (χ0n) is 14.3. The van der Waals surface area contributed by atoms with Crippen molar-refractivity contribution in [3.63, 3.8) is 0 Å². The molecule has 0 unspecified atom stereocenters. The third kappa shape index (κ3) is 5.18. The molecule has 0 aliphatic carbocycles. The molecule has 0 aliphatic heterocycles. The molecule has 0 amide bonds. The number of thioether (sulfide) groups is 1. The Balaban J connectivity index is 2.02. The summed E-state index contributed by atoms with van der Waals surface area (Å²) in [5.74, 6) is 0.124. The number of aryl methyl sites for hydroxylation is 1. The van der Waals surface area contributed by atoms with Gasteiger partial charge < -0.3 is 4.74 Å². The largest absolute Gasteiger partial charge is 0.454 e. The normalized spacial score (nSPS) is 11.3. The van der Waals surface area contributed by atoms with E-state index in [1.54, 1.807) is 35.2 Å². The maximum Gasteiger partial charge on any atom is 0.339 e. The van der Waals surface area contributed by atoms with Gasteiger partial charge in [-0.3, -0.25) is 4.79 Å². The molecular weight excluding hydrogens is 342 g/mol. The van der Waals surface area contributed by atoms with Crippen LogP contribution in [0.2, 0.25) is 0 Å². The van der Waals surface area contributed by atoms with Gasteiger partial charge in [0.05, 0.1) is 16.3 Å². The minimum atomic E-state index is -0.517. The summed E-state index contributed by atoms with van der Waals surface area (Å²) >= 11 is 3.15. The number of thiazole rings is 1. The molecule has 0 atom stereocenters. The van der Waals surface area contributed by atoms with Crippen LogP contribution in [0.4, 0.5) is 0 Å². The van der Waals surface area contributed by atoms with Crippen molar-refractivity contribution in [3.05, 3.63) is 45.9 Å². The molecule has 0 fully saturated rings. The van der Waals surface area contributed by atoms with Gasteiger partial charge in [0.1, 0.15) is 0 Å². The van der Waals surface area contributed by atoms with Gasteiger partial charge in [-0.05, 0) is 19.1 Å². The minimum Gasteiger partial charge on any atom is -0.454 e. The van der Waals surface area contributed by atoms with E-state index >= 15 is 0 Å². The molecule has 0 saturated carbocycles. The molecular formula is C18H21NO3S2. The molecule has 1 aromatic heterocycles. The first-order valence-electron chi connectivity index (χ1n) is 7.60. The van der Waals surface area contributed by atoms with Gasteiger partial charge >= 0.3 is 5.97 Å². The number of nitrogens with zero attached hydrogens (tertiary/aromatic N) is 1. The standard InChI is InChI=1S/C18H21NO3S2/c1-12-19-13(10-23-12)11-24-15-8-6-5-7-14(15)17(21)22-9-16(20)18(2,3)4/h5-8,10H,9,11H2,1-4H3. The summed E-state index contributed by atoms with van der Waals surface area (Å²) in [6.07, 6.45) is 0. The third-order valence-electron chi connectivity index (χ3n) is 3.32. The summed E-state index contributed by atoms with van der Waals surface area (Å²) < 4.78 is 5.20. The van der Waals surface area contributed by atoms with Crippen molar-refractivity contribution < 1.29 is 14.3 Å². The first-order valence-corrected chi connectivity index (χ1v) is 9.47. The van der Waals surface area contributed by atoms with Crippen LogP contribution in [0.5, 0.6) is 0 Å². The molecule has 24 heavy (non-hydrogen) atoms. The molecule has 6 heteroatoms. The van der Waals surface area contributed by atoms with E-state index in [9.17, 15) is 9.59 Å². The van der Waals surface area contributed by atoms with Crippen LogP contribution >= 0.6 is 23.1 Å². The molecule has 0 bridgehead atoms. The summed E-state index contributed by atoms with van der Waals surface area (Å²) in [6, 6.07) is 7.27. The predicted octanol–water partition coefficient (Wildman–Crippen LogP) is 4.52. The van der Waals surface area contributed by atoms with Crippen molar-refractivity contribution in [1.29, 1.82) is 0 Å². The van der Waals surface area contributed by atoms with E-state index in [-0.39, 0.29) is 12.4 Å².